The third-order valence-electron chi connectivity index (χ3n) is 3.82. The number of hydrogen-bond donors (Lipinski definition) is 1. The highest BCUT2D eigenvalue weighted by atomic mass is 16.6. The zero-order valence-corrected chi connectivity index (χ0v) is 14.1. The van der Waals surface area contributed by atoms with Crippen LogP contribution in [-0.2, 0) is 14.3 Å². The summed E-state index contributed by atoms with van der Waals surface area (Å²) in [5, 5.41) is 9.04. The highest BCUT2D eigenvalue weighted by molar-refractivity contribution is 5.75. The van der Waals surface area contributed by atoms with Gasteiger partial charge in [0.15, 0.2) is 0 Å². The van der Waals surface area contributed by atoms with Crippen LogP contribution in [0.2, 0.25) is 0 Å². The minimum atomic E-state index is -0.565. The Labute approximate surface area is 132 Å². The third-order valence-corrected chi connectivity index (χ3v) is 3.82. The van der Waals surface area contributed by atoms with Crippen molar-refractivity contribution < 1.29 is 24.2 Å². The van der Waals surface area contributed by atoms with E-state index in [0.717, 1.165) is 19.3 Å². The van der Waals surface area contributed by atoms with Crippen molar-refractivity contribution in [1.29, 1.82) is 0 Å². The van der Waals surface area contributed by atoms with Gasteiger partial charge in [-0.25, -0.2) is 4.79 Å². The van der Waals surface area contributed by atoms with E-state index in [4.69, 9.17) is 14.6 Å². The number of amides is 1. The summed E-state index contributed by atoms with van der Waals surface area (Å²) >= 11 is 0. The molecule has 0 aliphatic carbocycles. The SMILES string of the molecule is COC(=O)[C@H](CCCO)[C@H]1CCCCN1C(=O)OC(C)(C)C. The van der Waals surface area contributed by atoms with E-state index in [9.17, 15) is 9.59 Å². The number of carbonyl (C=O) groups excluding carboxylic acids is 2. The molecule has 1 heterocycles. The minimum Gasteiger partial charge on any atom is -0.469 e. The monoisotopic (exact) mass is 315 g/mol. The molecule has 1 N–H and O–H groups in total. The first-order valence-electron chi connectivity index (χ1n) is 7.98. The first kappa shape index (κ1) is 18.7. The molecule has 1 aliphatic rings. The first-order valence-corrected chi connectivity index (χ1v) is 7.98. The molecule has 2 atom stereocenters. The van der Waals surface area contributed by atoms with Gasteiger partial charge < -0.3 is 19.5 Å². The molecule has 22 heavy (non-hydrogen) atoms. The van der Waals surface area contributed by atoms with E-state index >= 15 is 0 Å². The van der Waals surface area contributed by atoms with Gasteiger partial charge in [0.05, 0.1) is 13.0 Å². The van der Waals surface area contributed by atoms with Crippen molar-refractivity contribution in [2.45, 2.75) is 64.5 Å². The van der Waals surface area contributed by atoms with Crippen molar-refractivity contribution in [3.63, 3.8) is 0 Å². The lowest BCUT2D eigenvalue weighted by Gasteiger charge is -2.39. The lowest BCUT2D eigenvalue weighted by molar-refractivity contribution is -0.148. The van der Waals surface area contributed by atoms with Gasteiger partial charge in [-0.3, -0.25) is 4.79 Å². The molecule has 1 aliphatic heterocycles. The van der Waals surface area contributed by atoms with Gasteiger partial charge in [-0.1, -0.05) is 0 Å². The molecular weight excluding hydrogens is 286 g/mol. The summed E-state index contributed by atoms with van der Waals surface area (Å²) < 4.78 is 10.4. The van der Waals surface area contributed by atoms with Crippen molar-refractivity contribution in [2.24, 2.45) is 5.92 Å². The average molecular weight is 315 g/mol. The van der Waals surface area contributed by atoms with Crippen LogP contribution in [0.1, 0.15) is 52.9 Å². The Bertz CT molecular complexity index is 377. The fourth-order valence-corrected chi connectivity index (χ4v) is 2.85. The molecule has 0 aromatic heterocycles. The second-order valence-corrected chi connectivity index (χ2v) is 6.73. The number of aliphatic hydroxyl groups excluding tert-OH is 1. The van der Waals surface area contributed by atoms with Crippen LogP contribution < -0.4 is 0 Å². The first-order chi connectivity index (χ1) is 10.3. The van der Waals surface area contributed by atoms with Crippen LogP contribution >= 0.6 is 0 Å². The molecule has 0 aromatic carbocycles. The van der Waals surface area contributed by atoms with Crippen molar-refractivity contribution >= 4 is 12.1 Å². The summed E-state index contributed by atoms with van der Waals surface area (Å²) in [7, 11) is 1.36. The van der Waals surface area contributed by atoms with E-state index in [-0.39, 0.29) is 24.7 Å². The molecule has 1 amide bonds. The number of carbonyl (C=O) groups is 2. The predicted octanol–water partition coefficient (Wildman–Crippen LogP) is 2.34. The van der Waals surface area contributed by atoms with Crippen LogP contribution in [0.15, 0.2) is 0 Å². The van der Waals surface area contributed by atoms with Crippen LogP contribution in [0.25, 0.3) is 0 Å². The summed E-state index contributed by atoms with van der Waals surface area (Å²) in [5.41, 5.74) is -0.565. The van der Waals surface area contributed by atoms with Crippen molar-refractivity contribution in [3.05, 3.63) is 0 Å². The molecule has 0 radical (unpaired) electrons. The van der Waals surface area contributed by atoms with Gasteiger partial charge in [-0.2, -0.15) is 0 Å². The molecule has 1 saturated heterocycles. The van der Waals surface area contributed by atoms with Gasteiger partial charge in [0.1, 0.15) is 5.60 Å². The molecule has 1 fully saturated rings. The Morgan fingerprint density at radius 3 is 2.55 bits per heavy atom. The Morgan fingerprint density at radius 2 is 2.00 bits per heavy atom. The standard InChI is InChI=1S/C16H29NO5/c1-16(2,3)22-15(20)17-10-6-5-9-13(17)12(8-7-11-18)14(19)21-4/h12-13,18H,5-11H2,1-4H3/t12-,13-/m1/s1. The number of methoxy groups -OCH3 is 1. The van der Waals surface area contributed by atoms with Gasteiger partial charge in [0, 0.05) is 19.2 Å². The lowest BCUT2D eigenvalue weighted by atomic mass is 9.87. The Kier molecular flexibility index (Phi) is 7.13. The van der Waals surface area contributed by atoms with E-state index in [2.05, 4.69) is 0 Å². The van der Waals surface area contributed by atoms with E-state index in [0.29, 0.717) is 19.4 Å². The second kappa shape index (κ2) is 8.36. The van der Waals surface area contributed by atoms with Crippen molar-refractivity contribution in [3.8, 4) is 0 Å². The van der Waals surface area contributed by atoms with Gasteiger partial charge in [0.25, 0.3) is 0 Å². The van der Waals surface area contributed by atoms with E-state index in [1.165, 1.54) is 7.11 Å². The van der Waals surface area contributed by atoms with Gasteiger partial charge in [-0.05, 0) is 52.9 Å². The van der Waals surface area contributed by atoms with Crippen LogP contribution in [0.4, 0.5) is 4.79 Å². The summed E-state index contributed by atoms with van der Waals surface area (Å²) in [4.78, 5) is 26.2. The van der Waals surface area contributed by atoms with Crippen LogP contribution in [0.5, 0.6) is 0 Å². The van der Waals surface area contributed by atoms with E-state index < -0.39 is 11.5 Å². The van der Waals surface area contributed by atoms with Gasteiger partial charge in [-0.15, -0.1) is 0 Å². The maximum atomic E-state index is 12.4. The number of aliphatic hydroxyl groups is 1. The highest BCUT2D eigenvalue weighted by Gasteiger charge is 2.38. The normalized spacial score (nSPS) is 20.4. The fourth-order valence-electron chi connectivity index (χ4n) is 2.85. The predicted molar refractivity (Wildman–Crippen MR) is 82.4 cm³/mol. The van der Waals surface area contributed by atoms with Crippen LogP contribution in [-0.4, -0.2) is 54.0 Å². The molecular formula is C16H29NO5. The highest BCUT2D eigenvalue weighted by Crippen LogP contribution is 2.28. The fraction of sp³-hybridized carbons (Fsp3) is 0.875. The maximum absolute atomic E-state index is 12.4. The number of hydrogen-bond acceptors (Lipinski definition) is 5. The number of piperidine rings is 1. The number of nitrogens with zero attached hydrogens (tertiary/aromatic N) is 1. The van der Waals surface area contributed by atoms with Gasteiger partial charge in [0.2, 0.25) is 0 Å². The molecule has 6 heteroatoms. The summed E-state index contributed by atoms with van der Waals surface area (Å²) in [6.07, 6.45) is 3.27. The topological polar surface area (TPSA) is 76.1 Å². The molecule has 1 rings (SSSR count). The molecule has 6 nitrogen and oxygen atoms in total. The molecule has 0 unspecified atom stereocenters. The zero-order chi connectivity index (χ0) is 16.8. The number of likely N-dealkylation sites (tertiary alicyclic amines) is 1. The van der Waals surface area contributed by atoms with Gasteiger partial charge >= 0.3 is 12.1 Å². The summed E-state index contributed by atoms with van der Waals surface area (Å²) in [6, 6.07) is -0.220. The number of rotatable bonds is 5. The number of ether oxygens (including phenoxy) is 2. The Hall–Kier alpha value is -1.30. The van der Waals surface area contributed by atoms with Crippen molar-refractivity contribution in [2.75, 3.05) is 20.3 Å². The second-order valence-electron chi connectivity index (χ2n) is 6.73. The molecule has 128 valence electrons. The quantitative estimate of drug-likeness (QED) is 0.788. The summed E-state index contributed by atoms with van der Waals surface area (Å²) in [6.45, 7) is 6.09. The van der Waals surface area contributed by atoms with E-state index in [1.807, 2.05) is 20.8 Å². The minimum absolute atomic E-state index is 0.0205. The van der Waals surface area contributed by atoms with Crippen molar-refractivity contribution in [1.82, 2.24) is 4.90 Å². The lowest BCUT2D eigenvalue weighted by Crippen LogP contribution is -2.51. The molecule has 0 aromatic rings. The third kappa shape index (κ3) is 5.48. The summed E-state index contributed by atoms with van der Waals surface area (Å²) in [5.74, 6) is -0.737. The average Bonchev–Trinajstić information content (AvgIpc) is 2.46. The maximum Gasteiger partial charge on any atom is 0.410 e. The van der Waals surface area contributed by atoms with Crippen LogP contribution in [0.3, 0.4) is 0 Å². The molecule has 0 bridgehead atoms. The Morgan fingerprint density at radius 1 is 1.32 bits per heavy atom. The van der Waals surface area contributed by atoms with Crippen LogP contribution in [0, 0.1) is 5.92 Å². The Balaban J connectivity index is 2.88. The molecule has 0 saturated carbocycles. The number of esters is 1. The zero-order valence-electron chi connectivity index (χ0n) is 14.1. The van der Waals surface area contributed by atoms with E-state index in [1.54, 1.807) is 4.90 Å². The molecule has 0 spiro atoms. The smallest absolute Gasteiger partial charge is 0.410 e. The largest absolute Gasteiger partial charge is 0.469 e.